The van der Waals surface area contributed by atoms with Gasteiger partial charge in [-0.25, -0.2) is 4.79 Å². The van der Waals surface area contributed by atoms with Crippen molar-refractivity contribution in [3.63, 3.8) is 0 Å². The van der Waals surface area contributed by atoms with Crippen LogP contribution in [0.15, 0.2) is 12.1 Å². The van der Waals surface area contributed by atoms with E-state index in [1.165, 1.54) is 18.4 Å². The smallest absolute Gasteiger partial charge is 0.361 e. The fraction of sp³-hybridized carbons (Fsp3) is 0.550. The van der Waals surface area contributed by atoms with Crippen LogP contribution in [-0.2, 0) is 11.3 Å². The summed E-state index contributed by atoms with van der Waals surface area (Å²) in [7, 11) is 0. The molecule has 1 saturated heterocycles. The second kappa shape index (κ2) is 7.99. The molecule has 0 unspecified atom stereocenters. The van der Waals surface area contributed by atoms with E-state index in [0.29, 0.717) is 12.3 Å². The molecule has 1 aliphatic heterocycles. The minimum absolute atomic E-state index is 0.248. The van der Waals surface area contributed by atoms with Crippen LogP contribution in [0.5, 0.6) is 0 Å². The highest BCUT2D eigenvalue weighted by Crippen LogP contribution is 2.29. The van der Waals surface area contributed by atoms with Crippen molar-refractivity contribution in [2.24, 2.45) is 5.92 Å². The number of ether oxygens (including phenoxy) is 1. The summed E-state index contributed by atoms with van der Waals surface area (Å²) in [6, 6.07) is 4.30. The average molecular weight is 356 g/mol. The molecule has 26 heavy (non-hydrogen) atoms. The summed E-state index contributed by atoms with van der Waals surface area (Å²) in [5.74, 6) is 0.381. The van der Waals surface area contributed by atoms with Crippen LogP contribution in [-0.4, -0.2) is 46.0 Å². The Morgan fingerprint density at radius 1 is 1.27 bits per heavy atom. The molecule has 1 aromatic heterocycles. The number of rotatable bonds is 5. The number of likely N-dealkylation sites (tertiary alicyclic amines) is 1. The Balaban J connectivity index is 1.91. The number of carbonyl (C=O) groups is 1. The fourth-order valence-corrected chi connectivity index (χ4v) is 3.57. The number of carbonyl (C=O) groups excluding carboxylic acids is 1. The van der Waals surface area contributed by atoms with Gasteiger partial charge in [-0.3, -0.25) is 4.90 Å². The van der Waals surface area contributed by atoms with E-state index in [4.69, 9.17) is 4.74 Å². The van der Waals surface area contributed by atoms with E-state index < -0.39 is 5.97 Å². The first-order valence-electron chi connectivity index (χ1n) is 9.40. The molecule has 0 amide bonds. The zero-order valence-electron chi connectivity index (χ0n) is 16.1. The fourth-order valence-electron chi connectivity index (χ4n) is 3.57. The van der Waals surface area contributed by atoms with Crippen molar-refractivity contribution in [1.82, 2.24) is 20.3 Å². The predicted molar refractivity (Wildman–Crippen MR) is 101 cm³/mol. The van der Waals surface area contributed by atoms with E-state index in [1.807, 2.05) is 0 Å². The standard InChI is InChI=1S/C20H28N4O2/c1-5-26-20(25)19-18(21-23-22-19)17-11-14(3)10-16(15(17)4)12-24-8-6-13(2)7-9-24/h10-11,13H,5-9,12H2,1-4H3,(H,21,22,23). The van der Waals surface area contributed by atoms with E-state index in [0.717, 1.165) is 42.2 Å². The number of piperidine rings is 1. The lowest BCUT2D eigenvalue weighted by Gasteiger charge is -2.31. The maximum atomic E-state index is 12.2. The van der Waals surface area contributed by atoms with E-state index in [2.05, 4.69) is 53.2 Å². The zero-order chi connectivity index (χ0) is 18.7. The lowest BCUT2D eigenvalue weighted by molar-refractivity contribution is 0.0520. The Morgan fingerprint density at radius 3 is 2.69 bits per heavy atom. The van der Waals surface area contributed by atoms with Crippen molar-refractivity contribution in [2.75, 3.05) is 19.7 Å². The first-order valence-corrected chi connectivity index (χ1v) is 9.40. The molecule has 0 radical (unpaired) electrons. The van der Waals surface area contributed by atoms with Crippen molar-refractivity contribution in [3.05, 3.63) is 34.5 Å². The maximum absolute atomic E-state index is 12.2. The topological polar surface area (TPSA) is 71.1 Å². The van der Waals surface area contributed by atoms with Gasteiger partial charge in [-0.1, -0.05) is 18.6 Å². The number of hydrogen-bond donors (Lipinski definition) is 1. The Kier molecular flexibility index (Phi) is 5.71. The van der Waals surface area contributed by atoms with Crippen molar-refractivity contribution in [2.45, 2.75) is 47.1 Å². The third-order valence-electron chi connectivity index (χ3n) is 5.20. The molecule has 3 rings (SSSR count). The van der Waals surface area contributed by atoms with E-state index in [-0.39, 0.29) is 5.69 Å². The number of aromatic amines is 1. The van der Waals surface area contributed by atoms with Gasteiger partial charge >= 0.3 is 5.97 Å². The third-order valence-corrected chi connectivity index (χ3v) is 5.20. The molecular formula is C20H28N4O2. The van der Waals surface area contributed by atoms with Crippen LogP contribution >= 0.6 is 0 Å². The van der Waals surface area contributed by atoms with E-state index >= 15 is 0 Å². The first-order chi connectivity index (χ1) is 12.5. The number of nitrogens with one attached hydrogen (secondary N) is 1. The highest BCUT2D eigenvalue weighted by atomic mass is 16.5. The first kappa shape index (κ1) is 18.6. The number of aromatic nitrogens is 3. The molecule has 2 heterocycles. The molecule has 0 saturated carbocycles. The largest absolute Gasteiger partial charge is 0.461 e. The van der Waals surface area contributed by atoms with Crippen LogP contribution in [0.2, 0.25) is 0 Å². The van der Waals surface area contributed by atoms with Crippen molar-refractivity contribution in [1.29, 1.82) is 0 Å². The number of nitrogens with zero attached hydrogens (tertiary/aromatic N) is 3. The molecule has 1 aromatic carbocycles. The number of aryl methyl sites for hydroxylation is 1. The van der Waals surface area contributed by atoms with Crippen LogP contribution in [0, 0.1) is 19.8 Å². The van der Waals surface area contributed by atoms with Gasteiger partial charge in [-0.2, -0.15) is 10.3 Å². The minimum Gasteiger partial charge on any atom is -0.461 e. The third kappa shape index (κ3) is 3.96. The highest BCUT2D eigenvalue weighted by molar-refractivity contribution is 5.94. The number of benzene rings is 1. The molecule has 6 heteroatoms. The van der Waals surface area contributed by atoms with Gasteiger partial charge in [0.1, 0.15) is 5.69 Å². The number of H-pyrrole nitrogens is 1. The quantitative estimate of drug-likeness (QED) is 0.830. The maximum Gasteiger partial charge on any atom is 0.361 e. The van der Waals surface area contributed by atoms with E-state index in [1.54, 1.807) is 6.92 Å². The van der Waals surface area contributed by atoms with Gasteiger partial charge < -0.3 is 4.74 Å². The second-order valence-corrected chi connectivity index (χ2v) is 7.30. The summed E-state index contributed by atoms with van der Waals surface area (Å²) in [5, 5.41) is 10.8. The van der Waals surface area contributed by atoms with Gasteiger partial charge in [-0.15, -0.1) is 5.10 Å². The van der Waals surface area contributed by atoms with Gasteiger partial charge in [0, 0.05) is 12.1 Å². The molecule has 0 bridgehead atoms. The highest BCUT2D eigenvalue weighted by Gasteiger charge is 2.23. The Morgan fingerprint density at radius 2 is 2.00 bits per heavy atom. The Labute approximate surface area is 154 Å². The summed E-state index contributed by atoms with van der Waals surface area (Å²) in [5.41, 5.74) is 5.35. The van der Waals surface area contributed by atoms with Crippen molar-refractivity contribution in [3.8, 4) is 11.3 Å². The lowest BCUT2D eigenvalue weighted by atomic mass is 9.94. The molecule has 1 N–H and O–H groups in total. The van der Waals surface area contributed by atoms with Gasteiger partial charge in [0.25, 0.3) is 0 Å². The number of hydrogen-bond acceptors (Lipinski definition) is 5. The molecule has 0 aliphatic carbocycles. The molecule has 6 nitrogen and oxygen atoms in total. The molecule has 1 fully saturated rings. The van der Waals surface area contributed by atoms with Crippen LogP contribution in [0.1, 0.15) is 53.9 Å². The van der Waals surface area contributed by atoms with Gasteiger partial charge in [0.15, 0.2) is 5.69 Å². The average Bonchev–Trinajstić information content (AvgIpc) is 3.09. The summed E-state index contributed by atoms with van der Waals surface area (Å²) in [6.45, 7) is 11.8. The summed E-state index contributed by atoms with van der Waals surface area (Å²) in [6.07, 6.45) is 2.52. The van der Waals surface area contributed by atoms with Crippen LogP contribution in [0.4, 0.5) is 0 Å². The molecule has 1 aliphatic rings. The Hall–Kier alpha value is -2.21. The summed E-state index contributed by atoms with van der Waals surface area (Å²) in [4.78, 5) is 14.7. The number of esters is 1. The lowest BCUT2D eigenvalue weighted by Crippen LogP contribution is -2.32. The Bertz CT molecular complexity index is 776. The van der Waals surface area contributed by atoms with Crippen molar-refractivity contribution < 1.29 is 9.53 Å². The van der Waals surface area contributed by atoms with Gasteiger partial charge in [-0.05, 0) is 69.8 Å². The molecule has 0 spiro atoms. The second-order valence-electron chi connectivity index (χ2n) is 7.30. The minimum atomic E-state index is -0.441. The normalized spacial score (nSPS) is 16.0. The molecule has 140 valence electrons. The summed E-state index contributed by atoms with van der Waals surface area (Å²) < 4.78 is 5.11. The van der Waals surface area contributed by atoms with Crippen LogP contribution in [0.25, 0.3) is 11.3 Å². The molecular weight excluding hydrogens is 328 g/mol. The SMILES string of the molecule is CCOC(=O)c1n[nH]nc1-c1cc(C)cc(CN2CCC(C)CC2)c1C. The molecule has 2 aromatic rings. The van der Waals surface area contributed by atoms with Crippen LogP contribution in [0.3, 0.4) is 0 Å². The van der Waals surface area contributed by atoms with E-state index in [9.17, 15) is 4.79 Å². The summed E-state index contributed by atoms with van der Waals surface area (Å²) >= 11 is 0. The van der Waals surface area contributed by atoms with Crippen molar-refractivity contribution >= 4 is 5.97 Å². The van der Waals surface area contributed by atoms with Crippen LogP contribution < -0.4 is 0 Å². The van der Waals surface area contributed by atoms with Gasteiger partial charge in [0.2, 0.25) is 0 Å². The van der Waals surface area contributed by atoms with Gasteiger partial charge in [0.05, 0.1) is 6.61 Å². The zero-order valence-corrected chi connectivity index (χ0v) is 16.1. The monoisotopic (exact) mass is 356 g/mol. The molecule has 0 atom stereocenters. The predicted octanol–water partition coefficient (Wildman–Crippen LogP) is 3.50.